The highest BCUT2D eigenvalue weighted by atomic mass is 32.1. The summed E-state index contributed by atoms with van der Waals surface area (Å²) >= 11 is 1.30. The molecule has 1 aliphatic rings. The Labute approximate surface area is 202 Å². The van der Waals surface area contributed by atoms with Crippen molar-refractivity contribution < 1.29 is 23.9 Å². The van der Waals surface area contributed by atoms with Gasteiger partial charge in [-0.2, -0.15) is 0 Å². The number of nitrogens with one attached hydrogen (secondary N) is 1. The van der Waals surface area contributed by atoms with Crippen molar-refractivity contribution in [3.05, 3.63) is 76.2 Å². The first-order chi connectivity index (χ1) is 16.5. The van der Waals surface area contributed by atoms with Gasteiger partial charge in [-0.05, 0) is 49.1 Å². The quantitative estimate of drug-likeness (QED) is 0.482. The van der Waals surface area contributed by atoms with E-state index in [4.69, 9.17) is 9.47 Å². The summed E-state index contributed by atoms with van der Waals surface area (Å²) in [5.41, 5.74) is 3.75. The van der Waals surface area contributed by atoms with E-state index < -0.39 is 5.97 Å². The molecule has 8 heteroatoms. The van der Waals surface area contributed by atoms with Crippen molar-refractivity contribution in [2.24, 2.45) is 0 Å². The number of carbonyl (C=O) groups excluding carboxylic acids is 3. The lowest BCUT2D eigenvalue weighted by molar-refractivity contribution is 0.0526. The van der Waals surface area contributed by atoms with E-state index in [-0.39, 0.29) is 18.6 Å². The molecule has 0 atom stereocenters. The minimum Gasteiger partial charge on any atom is -0.462 e. The second-order valence-corrected chi connectivity index (χ2v) is 8.80. The summed E-state index contributed by atoms with van der Waals surface area (Å²) in [5.74, 6) is -0.787. The number of rotatable bonds is 6. The first-order valence-corrected chi connectivity index (χ1v) is 12.0. The Morgan fingerprint density at radius 3 is 2.29 bits per heavy atom. The van der Waals surface area contributed by atoms with Crippen LogP contribution in [0.4, 0.5) is 9.80 Å². The molecule has 2 heterocycles. The summed E-state index contributed by atoms with van der Waals surface area (Å²) in [7, 11) is 0. The zero-order valence-corrected chi connectivity index (χ0v) is 19.9. The van der Waals surface area contributed by atoms with Crippen LogP contribution < -0.4 is 5.32 Å². The van der Waals surface area contributed by atoms with Crippen molar-refractivity contribution in [2.45, 2.75) is 26.8 Å². The minimum atomic E-state index is -0.473. The van der Waals surface area contributed by atoms with Crippen molar-refractivity contribution in [1.82, 2.24) is 4.90 Å². The molecule has 34 heavy (non-hydrogen) atoms. The van der Waals surface area contributed by atoms with Crippen LogP contribution >= 0.6 is 11.3 Å². The molecule has 2 amide bonds. The fraction of sp³-hybridized carbons (Fsp3) is 0.269. The van der Waals surface area contributed by atoms with E-state index in [1.54, 1.807) is 30.9 Å². The number of thiophene rings is 1. The van der Waals surface area contributed by atoms with E-state index in [2.05, 4.69) is 5.32 Å². The lowest BCUT2D eigenvalue weighted by Crippen LogP contribution is -2.36. The maximum Gasteiger partial charge on any atom is 0.410 e. The molecule has 1 aromatic heterocycles. The summed E-state index contributed by atoms with van der Waals surface area (Å²) in [4.78, 5) is 40.4. The van der Waals surface area contributed by atoms with Gasteiger partial charge in [0.05, 0.1) is 25.3 Å². The monoisotopic (exact) mass is 478 g/mol. The summed E-state index contributed by atoms with van der Waals surface area (Å²) in [6.07, 6.45) is 0.101. The van der Waals surface area contributed by atoms with Crippen LogP contribution in [-0.4, -0.2) is 42.6 Å². The van der Waals surface area contributed by atoms with Crippen molar-refractivity contribution in [1.29, 1.82) is 0 Å². The topological polar surface area (TPSA) is 84.9 Å². The smallest absolute Gasteiger partial charge is 0.410 e. The largest absolute Gasteiger partial charge is 0.462 e. The number of hydrogen-bond acceptors (Lipinski definition) is 6. The highest BCUT2D eigenvalue weighted by Crippen LogP contribution is 2.38. The molecule has 3 aromatic rings. The molecule has 1 aliphatic heterocycles. The van der Waals surface area contributed by atoms with E-state index >= 15 is 0 Å². The normalized spacial score (nSPS) is 12.6. The standard InChI is InChI=1S/C26H26N2O5S/c1-3-32-25(30)22-20-14-15-28(26(31)33-4-2)16-21(20)34-24(22)27-23(29)19-12-10-18(11-13-19)17-8-6-5-7-9-17/h5-13H,3-4,14-16H2,1-2H3,(H,27,29). The first kappa shape index (κ1) is 23.5. The number of anilines is 1. The van der Waals surface area contributed by atoms with Crippen molar-refractivity contribution in [3.8, 4) is 11.1 Å². The van der Waals surface area contributed by atoms with Gasteiger partial charge in [0.2, 0.25) is 0 Å². The number of amides is 2. The molecule has 176 valence electrons. The van der Waals surface area contributed by atoms with Gasteiger partial charge in [0, 0.05) is 17.0 Å². The summed E-state index contributed by atoms with van der Waals surface area (Å²) in [6, 6.07) is 17.2. The lowest BCUT2D eigenvalue weighted by atomic mass is 10.0. The summed E-state index contributed by atoms with van der Waals surface area (Å²) in [6.45, 7) is 4.79. The van der Waals surface area contributed by atoms with Gasteiger partial charge in [-0.1, -0.05) is 42.5 Å². The highest BCUT2D eigenvalue weighted by molar-refractivity contribution is 7.17. The van der Waals surface area contributed by atoms with Crippen LogP contribution in [0.5, 0.6) is 0 Å². The first-order valence-electron chi connectivity index (χ1n) is 11.2. The SMILES string of the molecule is CCOC(=O)c1c(NC(=O)c2ccc(-c3ccccc3)cc2)sc2c1CCN(C(=O)OCC)C2. The highest BCUT2D eigenvalue weighted by Gasteiger charge is 2.31. The second-order valence-electron chi connectivity index (χ2n) is 7.70. The molecule has 0 saturated carbocycles. The van der Waals surface area contributed by atoms with Crippen LogP contribution in [0.2, 0.25) is 0 Å². The van der Waals surface area contributed by atoms with Crippen LogP contribution in [0, 0.1) is 0 Å². The van der Waals surface area contributed by atoms with Gasteiger partial charge in [-0.3, -0.25) is 4.79 Å². The van der Waals surface area contributed by atoms with Crippen molar-refractivity contribution >= 4 is 34.3 Å². The molecule has 0 fully saturated rings. The molecule has 0 bridgehead atoms. The van der Waals surface area contributed by atoms with Crippen LogP contribution in [0.1, 0.15) is 45.0 Å². The van der Waals surface area contributed by atoms with E-state index in [0.717, 1.165) is 21.6 Å². The lowest BCUT2D eigenvalue weighted by Gasteiger charge is -2.26. The number of fused-ring (bicyclic) bond motifs is 1. The number of nitrogens with zero attached hydrogens (tertiary/aromatic N) is 1. The Morgan fingerprint density at radius 1 is 0.941 bits per heavy atom. The molecule has 0 unspecified atom stereocenters. The van der Waals surface area contributed by atoms with E-state index in [9.17, 15) is 14.4 Å². The third kappa shape index (κ3) is 4.97. The molecule has 1 N–H and O–H groups in total. The van der Waals surface area contributed by atoms with Gasteiger partial charge in [0.1, 0.15) is 5.00 Å². The fourth-order valence-electron chi connectivity index (χ4n) is 3.90. The average Bonchev–Trinajstić information content (AvgIpc) is 3.22. The van der Waals surface area contributed by atoms with Crippen LogP contribution in [0.3, 0.4) is 0 Å². The molecule has 0 spiro atoms. The Balaban J connectivity index is 1.58. The average molecular weight is 479 g/mol. The van der Waals surface area contributed by atoms with Crippen LogP contribution in [-0.2, 0) is 22.4 Å². The van der Waals surface area contributed by atoms with Gasteiger partial charge in [0.15, 0.2) is 0 Å². The molecule has 0 aliphatic carbocycles. The van der Waals surface area contributed by atoms with Gasteiger partial charge < -0.3 is 19.7 Å². The number of benzene rings is 2. The minimum absolute atomic E-state index is 0.229. The third-order valence-electron chi connectivity index (χ3n) is 5.54. The molecular formula is C26H26N2O5S. The number of ether oxygens (including phenoxy) is 2. The molecule has 4 rings (SSSR count). The third-order valence-corrected chi connectivity index (χ3v) is 6.68. The van der Waals surface area contributed by atoms with Gasteiger partial charge in [0.25, 0.3) is 5.91 Å². The fourth-order valence-corrected chi connectivity index (χ4v) is 5.15. The van der Waals surface area contributed by atoms with E-state index in [1.807, 2.05) is 42.5 Å². The second kappa shape index (κ2) is 10.5. The molecule has 0 saturated heterocycles. The van der Waals surface area contributed by atoms with Gasteiger partial charge in [-0.25, -0.2) is 9.59 Å². The number of hydrogen-bond donors (Lipinski definition) is 1. The van der Waals surface area contributed by atoms with Gasteiger partial charge >= 0.3 is 12.1 Å². The van der Waals surface area contributed by atoms with Crippen LogP contribution in [0.25, 0.3) is 11.1 Å². The predicted octanol–water partition coefficient (Wildman–Crippen LogP) is 5.36. The maximum atomic E-state index is 13.0. The Bertz CT molecular complexity index is 1190. The zero-order valence-electron chi connectivity index (χ0n) is 19.1. The predicted molar refractivity (Wildman–Crippen MR) is 131 cm³/mol. The van der Waals surface area contributed by atoms with E-state index in [0.29, 0.717) is 42.2 Å². The molecule has 2 aromatic carbocycles. The maximum absolute atomic E-state index is 13.0. The Hall–Kier alpha value is -3.65. The molecule has 7 nitrogen and oxygen atoms in total. The molecule has 0 radical (unpaired) electrons. The Kier molecular flexibility index (Phi) is 7.27. The zero-order chi connectivity index (χ0) is 24.1. The molecular weight excluding hydrogens is 452 g/mol. The van der Waals surface area contributed by atoms with Crippen molar-refractivity contribution in [3.63, 3.8) is 0 Å². The summed E-state index contributed by atoms with van der Waals surface area (Å²) in [5, 5.41) is 3.33. The van der Waals surface area contributed by atoms with Gasteiger partial charge in [-0.15, -0.1) is 11.3 Å². The number of esters is 1. The van der Waals surface area contributed by atoms with Crippen LogP contribution in [0.15, 0.2) is 54.6 Å². The summed E-state index contributed by atoms with van der Waals surface area (Å²) < 4.78 is 10.4. The van der Waals surface area contributed by atoms with E-state index in [1.165, 1.54) is 11.3 Å². The van der Waals surface area contributed by atoms with Crippen molar-refractivity contribution in [2.75, 3.05) is 25.1 Å². The Morgan fingerprint density at radius 2 is 1.62 bits per heavy atom. The number of carbonyl (C=O) groups is 3.